The number of hydrogen-bond donors (Lipinski definition) is 1. The van der Waals surface area contributed by atoms with Gasteiger partial charge in [-0.3, -0.25) is 9.69 Å². The van der Waals surface area contributed by atoms with E-state index in [2.05, 4.69) is 21.3 Å². The SMILES string of the molecule is Cc1ccc(C(=O)NCC2CC3CCN2CC3c2cc(-c3ccco3)nc(C)n2)cc1. The van der Waals surface area contributed by atoms with E-state index in [1.54, 1.807) is 6.26 Å². The second-order valence-corrected chi connectivity index (χ2v) is 8.82. The van der Waals surface area contributed by atoms with Gasteiger partial charge >= 0.3 is 0 Å². The molecule has 3 fully saturated rings. The fraction of sp³-hybridized carbons (Fsp3) is 0.400. The molecule has 1 N–H and O–H groups in total. The molecule has 3 aromatic rings. The van der Waals surface area contributed by atoms with Gasteiger partial charge in [0.05, 0.1) is 6.26 Å². The first-order valence-corrected chi connectivity index (χ1v) is 11.0. The van der Waals surface area contributed by atoms with Crippen molar-refractivity contribution in [3.05, 3.63) is 71.4 Å². The van der Waals surface area contributed by atoms with Gasteiger partial charge in [0.1, 0.15) is 11.5 Å². The molecule has 31 heavy (non-hydrogen) atoms. The molecule has 4 unspecified atom stereocenters. The molecule has 1 amide bonds. The summed E-state index contributed by atoms with van der Waals surface area (Å²) in [7, 11) is 0. The van der Waals surface area contributed by atoms with Crippen LogP contribution >= 0.6 is 0 Å². The summed E-state index contributed by atoms with van der Waals surface area (Å²) in [5, 5.41) is 3.15. The van der Waals surface area contributed by atoms with Crippen LogP contribution in [0.1, 0.15) is 46.2 Å². The quantitative estimate of drug-likeness (QED) is 0.682. The van der Waals surface area contributed by atoms with Crippen molar-refractivity contribution in [1.29, 1.82) is 0 Å². The molecule has 0 aliphatic carbocycles. The van der Waals surface area contributed by atoms with E-state index in [0.717, 1.165) is 53.6 Å². The highest BCUT2D eigenvalue weighted by molar-refractivity contribution is 5.94. The lowest BCUT2D eigenvalue weighted by Gasteiger charge is -2.49. The van der Waals surface area contributed by atoms with Crippen LogP contribution in [0, 0.1) is 19.8 Å². The molecule has 2 aromatic heterocycles. The largest absolute Gasteiger partial charge is 0.463 e. The molecule has 6 nitrogen and oxygen atoms in total. The van der Waals surface area contributed by atoms with Crippen LogP contribution in [-0.2, 0) is 0 Å². The monoisotopic (exact) mass is 416 g/mol. The molecule has 1 aromatic carbocycles. The Bertz CT molecular complexity index is 1060. The number of carbonyl (C=O) groups excluding carboxylic acids is 1. The van der Waals surface area contributed by atoms with Crippen LogP contribution in [0.4, 0.5) is 0 Å². The van der Waals surface area contributed by atoms with Gasteiger partial charge in [-0.05, 0) is 69.5 Å². The van der Waals surface area contributed by atoms with E-state index < -0.39 is 0 Å². The average Bonchev–Trinajstić information content (AvgIpc) is 3.33. The Morgan fingerprint density at radius 1 is 1.19 bits per heavy atom. The minimum atomic E-state index is 0.00807. The third kappa shape index (κ3) is 4.12. The number of amides is 1. The summed E-state index contributed by atoms with van der Waals surface area (Å²) < 4.78 is 5.55. The molecule has 3 aliphatic rings. The van der Waals surface area contributed by atoms with Crippen molar-refractivity contribution in [2.75, 3.05) is 19.6 Å². The average molecular weight is 417 g/mol. The third-order valence-corrected chi connectivity index (χ3v) is 6.70. The minimum absolute atomic E-state index is 0.00807. The summed E-state index contributed by atoms with van der Waals surface area (Å²) >= 11 is 0. The Morgan fingerprint density at radius 2 is 2.03 bits per heavy atom. The molecule has 6 rings (SSSR count). The molecule has 3 aliphatic heterocycles. The number of rotatable bonds is 5. The van der Waals surface area contributed by atoms with Gasteiger partial charge in [0.2, 0.25) is 0 Å². The third-order valence-electron chi connectivity index (χ3n) is 6.70. The van der Waals surface area contributed by atoms with Crippen LogP contribution in [0.15, 0.2) is 53.1 Å². The van der Waals surface area contributed by atoms with E-state index in [1.807, 2.05) is 50.2 Å². The highest BCUT2D eigenvalue weighted by atomic mass is 16.3. The number of piperidine rings is 3. The number of aryl methyl sites for hydroxylation is 2. The van der Waals surface area contributed by atoms with E-state index in [4.69, 9.17) is 9.40 Å². The van der Waals surface area contributed by atoms with Crippen molar-refractivity contribution >= 4 is 5.91 Å². The lowest BCUT2D eigenvalue weighted by atomic mass is 9.74. The molecule has 0 radical (unpaired) electrons. The second-order valence-electron chi connectivity index (χ2n) is 8.82. The number of nitrogens with zero attached hydrogens (tertiary/aromatic N) is 3. The van der Waals surface area contributed by atoms with Crippen LogP contribution in [0.3, 0.4) is 0 Å². The van der Waals surface area contributed by atoms with Crippen molar-refractivity contribution < 1.29 is 9.21 Å². The highest BCUT2D eigenvalue weighted by Crippen LogP contribution is 2.41. The van der Waals surface area contributed by atoms with E-state index >= 15 is 0 Å². The Kier molecular flexibility index (Phi) is 5.32. The zero-order valence-corrected chi connectivity index (χ0v) is 18.0. The van der Waals surface area contributed by atoms with Crippen LogP contribution in [0.25, 0.3) is 11.5 Å². The van der Waals surface area contributed by atoms with Crippen LogP contribution < -0.4 is 5.32 Å². The van der Waals surface area contributed by atoms with Gasteiger partial charge in [0.25, 0.3) is 5.91 Å². The summed E-state index contributed by atoms with van der Waals surface area (Å²) in [6.45, 7) is 6.73. The lowest BCUT2D eigenvalue weighted by Crippen LogP contribution is -2.56. The zero-order chi connectivity index (χ0) is 21.4. The molecule has 2 bridgehead atoms. The molecule has 5 heterocycles. The molecule has 160 valence electrons. The van der Waals surface area contributed by atoms with E-state index in [0.29, 0.717) is 24.4 Å². The number of fused-ring (bicyclic) bond motifs is 3. The molecular formula is C25H28N4O2. The van der Waals surface area contributed by atoms with Crippen molar-refractivity contribution in [1.82, 2.24) is 20.2 Å². The Morgan fingerprint density at radius 3 is 2.74 bits per heavy atom. The summed E-state index contributed by atoms with van der Waals surface area (Å²) in [5.74, 6) is 2.54. The van der Waals surface area contributed by atoms with Gasteiger partial charge in [-0.25, -0.2) is 9.97 Å². The van der Waals surface area contributed by atoms with E-state index in [1.165, 1.54) is 6.42 Å². The highest BCUT2D eigenvalue weighted by Gasteiger charge is 2.41. The van der Waals surface area contributed by atoms with Crippen LogP contribution in [0.5, 0.6) is 0 Å². The smallest absolute Gasteiger partial charge is 0.251 e. The Balaban J connectivity index is 1.26. The zero-order valence-electron chi connectivity index (χ0n) is 18.0. The molecule has 6 heteroatoms. The maximum atomic E-state index is 12.5. The number of benzene rings is 1. The van der Waals surface area contributed by atoms with Crippen molar-refractivity contribution in [2.24, 2.45) is 5.92 Å². The summed E-state index contributed by atoms with van der Waals surface area (Å²) in [4.78, 5) is 24.4. The van der Waals surface area contributed by atoms with Gasteiger partial charge < -0.3 is 9.73 Å². The van der Waals surface area contributed by atoms with Gasteiger partial charge in [-0.15, -0.1) is 0 Å². The Labute approximate surface area is 182 Å². The normalized spacial score (nSPS) is 24.8. The topological polar surface area (TPSA) is 71.3 Å². The first-order valence-electron chi connectivity index (χ1n) is 11.0. The minimum Gasteiger partial charge on any atom is -0.463 e. The molecule has 3 saturated heterocycles. The number of carbonyl (C=O) groups is 1. The predicted octanol–water partition coefficient (Wildman–Crippen LogP) is 3.96. The van der Waals surface area contributed by atoms with Gasteiger partial charge in [0.15, 0.2) is 5.76 Å². The summed E-state index contributed by atoms with van der Waals surface area (Å²) in [6.07, 6.45) is 3.93. The molecule has 0 saturated carbocycles. The molecule has 0 spiro atoms. The van der Waals surface area contributed by atoms with Crippen LogP contribution in [-0.4, -0.2) is 46.5 Å². The second kappa shape index (κ2) is 8.27. The van der Waals surface area contributed by atoms with E-state index in [-0.39, 0.29) is 5.91 Å². The van der Waals surface area contributed by atoms with Crippen molar-refractivity contribution in [3.63, 3.8) is 0 Å². The maximum absolute atomic E-state index is 12.5. The molecule has 4 atom stereocenters. The molecular weight excluding hydrogens is 388 g/mol. The van der Waals surface area contributed by atoms with Crippen molar-refractivity contribution in [2.45, 2.75) is 38.6 Å². The predicted molar refractivity (Wildman–Crippen MR) is 119 cm³/mol. The number of furan rings is 1. The van der Waals surface area contributed by atoms with E-state index in [9.17, 15) is 4.79 Å². The summed E-state index contributed by atoms with van der Waals surface area (Å²) in [5.41, 5.74) is 3.84. The van der Waals surface area contributed by atoms with Crippen molar-refractivity contribution in [3.8, 4) is 11.5 Å². The fourth-order valence-electron chi connectivity index (χ4n) is 5.03. The lowest BCUT2D eigenvalue weighted by molar-refractivity contribution is 0.0290. The van der Waals surface area contributed by atoms with Crippen LogP contribution in [0.2, 0.25) is 0 Å². The van der Waals surface area contributed by atoms with Gasteiger partial charge in [-0.2, -0.15) is 0 Å². The first kappa shape index (κ1) is 19.9. The maximum Gasteiger partial charge on any atom is 0.251 e. The first-order chi connectivity index (χ1) is 15.1. The number of nitrogens with one attached hydrogen (secondary N) is 1. The standard InChI is InChI=1S/C25H28N4O2/c1-16-5-7-18(8-6-16)25(30)26-14-20-12-19-9-10-29(20)15-21(19)22-13-23(28-17(2)27-22)24-4-3-11-31-24/h3-8,11,13,19-21H,9-10,12,14-15H2,1-2H3,(H,26,30). The fourth-order valence-corrected chi connectivity index (χ4v) is 5.03. The summed E-state index contributed by atoms with van der Waals surface area (Å²) in [6, 6.07) is 14.0. The number of aromatic nitrogens is 2. The van der Waals surface area contributed by atoms with Gasteiger partial charge in [0, 0.05) is 36.3 Å². The van der Waals surface area contributed by atoms with Gasteiger partial charge in [-0.1, -0.05) is 17.7 Å². The Hall–Kier alpha value is -2.99. The number of hydrogen-bond acceptors (Lipinski definition) is 5.